The Balaban J connectivity index is 1.77. The monoisotopic (exact) mass is 301 g/mol. The Morgan fingerprint density at radius 3 is 2.76 bits per heavy atom. The summed E-state index contributed by atoms with van der Waals surface area (Å²) in [5.41, 5.74) is -2.82. The molecule has 0 aromatic carbocycles. The number of fused-ring (bicyclic) bond motifs is 1. The number of carbonyl (C=O) groups excluding carboxylic acids is 2. The molecule has 0 spiro atoms. The summed E-state index contributed by atoms with van der Waals surface area (Å²) in [6, 6.07) is 1.96. The van der Waals surface area contributed by atoms with Crippen molar-refractivity contribution in [2.24, 2.45) is 17.3 Å². The summed E-state index contributed by atoms with van der Waals surface area (Å²) in [7, 11) is 0. The van der Waals surface area contributed by atoms with E-state index >= 15 is 0 Å². The van der Waals surface area contributed by atoms with Crippen molar-refractivity contribution in [3.63, 3.8) is 0 Å². The standard InChI is InChI=1S/C13H10F3NO4/c1-5(13(14,15)16)10(18)20-8-6-2-7-9(8)21-11(19)12(7,3-6)4-17/h6-9H,1-3H2. The van der Waals surface area contributed by atoms with Gasteiger partial charge < -0.3 is 9.47 Å². The molecule has 3 aliphatic rings. The van der Waals surface area contributed by atoms with Crippen molar-refractivity contribution in [3.8, 4) is 6.07 Å². The molecule has 8 heteroatoms. The number of nitrogens with zero attached hydrogens (tertiary/aromatic N) is 1. The van der Waals surface area contributed by atoms with E-state index in [2.05, 4.69) is 6.58 Å². The van der Waals surface area contributed by atoms with Gasteiger partial charge in [-0.15, -0.1) is 0 Å². The van der Waals surface area contributed by atoms with Crippen LogP contribution in [0.1, 0.15) is 12.8 Å². The van der Waals surface area contributed by atoms with Gasteiger partial charge in [0, 0.05) is 11.8 Å². The highest BCUT2D eigenvalue weighted by atomic mass is 19.4. The number of esters is 2. The number of alkyl halides is 3. The molecule has 112 valence electrons. The maximum atomic E-state index is 12.4. The average molecular weight is 301 g/mol. The molecule has 3 fully saturated rings. The van der Waals surface area contributed by atoms with Crippen molar-refractivity contribution in [1.29, 1.82) is 5.26 Å². The van der Waals surface area contributed by atoms with E-state index in [0.717, 1.165) is 0 Å². The smallest absolute Gasteiger partial charge is 0.422 e. The summed E-state index contributed by atoms with van der Waals surface area (Å²) in [4.78, 5) is 23.3. The lowest BCUT2D eigenvalue weighted by Gasteiger charge is -2.28. The molecule has 21 heavy (non-hydrogen) atoms. The van der Waals surface area contributed by atoms with Crippen LogP contribution in [0.2, 0.25) is 0 Å². The average Bonchev–Trinajstić information content (AvgIpc) is 2.98. The first-order valence-electron chi connectivity index (χ1n) is 6.30. The van der Waals surface area contributed by atoms with Gasteiger partial charge in [0.1, 0.15) is 17.8 Å². The fraction of sp³-hybridized carbons (Fsp3) is 0.615. The van der Waals surface area contributed by atoms with Crippen LogP contribution in [-0.2, 0) is 19.1 Å². The summed E-state index contributed by atoms with van der Waals surface area (Å²) in [6.45, 7) is 2.68. The van der Waals surface area contributed by atoms with Crippen LogP contribution in [0.25, 0.3) is 0 Å². The molecule has 0 radical (unpaired) electrons. The fourth-order valence-electron chi connectivity index (χ4n) is 3.60. The van der Waals surface area contributed by atoms with Crippen LogP contribution < -0.4 is 0 Å². The quantitative estimate of drug-likeness (QED) is 0.570. The second kappa shape index (κ2) is 4.00. The third-order valence-corrected chi connectivity index (χ3v) is 4.60. The molecule has 5 unspecified atom stereocenters. The lowest BCUT2D eigenvalue weighted by Crippen LogP contribution is -2.40. The van der Waals surface area contributed by atoms with Crippen LogP contribution in [0.4, 0.5) is 13.2 Å². The van der Waals surface area contributed by atoms with Crippen LogP contribution in [0.3, 0.4) is 0 Å². The van der Waals surface area contributed by atoms with Gasteiger partial charge in [-0.3, -0.25) is 4.79 Å². The minimum atomic E-state index is -4.86. The summed E-state index contributed by atoms with van der Waals surface area (Å²) >= 11 is 0. The molecule has 1 saturated heterocycles. The molecule has 0 aromatic heterocycles. The van der Waals surface area contributed by atoms with E-state index in [1.807, 2.05) is 6.07 Å². The van der Waals surface area contributed by atoms with Crippen LogP contribution in [-0.4, -0.2) is 30.3 Å². The van der Waals surface area contributed by atoms with Crippen molar-refractivity contribution in [1.82, 2.24) is 0 Å². The number of nitriles is 1. The zero-order valence-corrected chi connectivity index (χ0v) is 10.6. The summed E-state index contributed by atoms with van der Waals surface area (Å²) in [5, 5.41) is 9.18. The van der Waals surface area contributed by atoms with E-state index in [9.17, 15) is 28.0 Å². The minimum Gasteiger partial charge on any atom is -0.457 e. The van der Waals surface area contributed by atoms with E-state index in [1.165, 1.54) is 0 Å². The summed E-state index contributed by atoms with van der Waals surface area (Å²) in [6.07, 6.45) is -6.05. The predicted octanol–water partition coefficient (Wildman–Crippen LogP) is 1.49. The first-order valence-corrected chi connectivity index (χ1v) is 6.30. The van der Waals surface area contributed by atoms with Crippen LogP contribution >= 0.6 is 0 Å². The van der Waals surface area contributed by atoms with Crippen molar-refractivity contribution >= 4 is 11.9 Å². The van der Waals surface area contributed by atoms with E-state index in [-0.39, 0.29) is 12.3 Å². The van der Waals surface area contributed by atoms with Gasteiger partial charge in [0.2, 0.25) is 0 Å². The second-order valence-corrected chi connectivity index (χ2v) is 5.61. The third kappa shape index (κ3) is 1.69. The van der Waals surface area contributed by atoms with Crippen molar-refractivity contribution < 1.29 is 32.2 Å². The topological polar surface area (TPSA) is 76.4 Å². The SMILES string of the molecule is C=C(C(=O)OC1C2CC3C1OC(=O)C3(C#N)C2)C(F)(F)F. The van der Waals surface area contributed by atoms with Crippen LogP contribution in [0, 0.1) is 28.6 Å². The molecule has 2 saturated carbocycles. The molecule has 0 N–H and O–H groups in total. The van der Waals surface area contributed by atoms with Gasteiger partial charge in [-0.1, -0.05) is 6.58 Å². The molecular weight excluding hydrogens is 291 g/mol. The Morgan fingerprint density at radius 1 is 1.52 bits per heavy atom. The largest absolute Gasteiger partial charge is 0.457 e. The number of carbonyl (C=O) groups is 2. The van der Waals surface area contributed by atoms with Gasteiger partial charge >= 0.3 is 18.1 Å². The molecule has 2 aliphatic carbocycles. The molecule has 1 heterocycles. The highest BCUT2D eigenvalue weighted by Gasteiger charge is 2.72. The van der Waals surface area contributed by atoms with Crippen molar-refractivity contribution in [3.05, 3.63) is 12.2 Å². The van der Waals surface area contributed by atoms with Crippen LogP contribution in [0.5, 0.6) is 0 Å². The fourth-order valence-corrected chi connectivity index (χ4v) is 3.60. The minimum absolute atomic E-state index is 0.153. The molecule has 2 bridgehead atoms. The van der Waals surface area contributed by atoms with Gasteiger partial charge in [0.25, 0.3) is 0 Å². The Bertz CT molecular complexity index is 593. The van der Waals surface area contributed by atoms with Gasteiger partial charge in [0.05, 0.1) is 6.07 Å². The highest BCUT2D eigenvalue weighted by Crippen LogP contribution is 2.62. The number of ether oxygens (including phenoxy) is 2. The molecule has 0 amide bonds. The van der Waals surface area contributed by atoms with Crippen molar-refractivity contribution in [2.75, 3.05) is 0 Å². The van der Waals surface area contributed by atoms with E-state index in [4.69, 9.17) is 9.47 Å². The maximum absolute atomic E-state index is 12.4. The number of hydrogen-bond acceptors (Lipinski definition) is 5. The summed E-state index contributed by atoms with van der Waals surface area (Å²) < 4.78 is 47.1. The molecule has 0 aromatic rings. The number of hydrogen-bond donors (Lipinski definition) is 0. The molecule has 5 nitrogen and oxygen atoms in total. The van der Waals surface area contributed by atoms with Crippen LogP contribution in [0.15, 0.2) is 12.2 Å². The van der Waals surface area contributed by atoms with Crippen molar-refractivity contribution in [2.45, 2.75) is 31.2 Å². The highest BCUT2D eigenvalue weighted by molar-refractivity contribution is 5.89. The zero-order chi connectivity index (χ0) is 15.6. The predicted molar refractivity (Wildman–Crippen MR) is 59.2 cm³/mol. The van der Waals surface area contributed by atoms with E-state index in [0.29, 0.717) is 6.42 Å². The Labute approximate surface area is 117 Å². The Kier molecular flexibility index (Phi) is 2.65. The van der Waals surface area contributed by atoms with Gasteiger partial charge in [-0.05, 0) is 12.8 Å². The third-order valence-electron chi connectivity index (χ3n) is 4.60. The number of rotatable bonds is 2. The molecule has 5 atom stereocenters. The van der Waals surface area contributed by atoms with E-state index in [1.54, 1.807) is 0 Å². The first-order chi connectivity index (χ1) is 9.70. The van der Waals surface area contributed by atoms with Gasteiger partial charge in [-0.2, -0.15) is 18.4 Å². The second-order valence-electron chi connectivity index (χ2n) is 5.61. The van der Waals surface area contributed by atoms with Gasteiger partial charge in [0.15, 0.2) is 5.41 Å². The molecular formula is C13H10F3NO4. The normalized spacial score (nSPS) is 39.8. The molecule has 1 aliphatic heterocycles. The maximum Gasteiger partial charge on any atom is 0.422 e. The number of halogens is 3. The lowest BCUT2D eigenvalue weighted by molar-refractivity contribution is -0.165. The van der Waals surface area contributed by atoms with E-state index < -0.39 is 47.2 Å². The first kappa shape index (κ1) is 13.9. The Hall–Kier alpha value is -2.04. The Morgan fingerprint density at radius 2 is 2.19 bits per heavy atom. The molecule has 3 rings (SSSR count). The van der Waals surface area contributed by atoms with Gasteiger partial charge in [-0.25, -0.2) is 4.79 Å². The zero-order valence-electron chi connectivity index (χ0n) is 10.6. The lowest BCUT2D eigenvalue weighted by atomic mass is 9.74. The summed E-state index contributed by atoms with van der Waals surface area (Å²) in [5.74, 6) is -2.99.